The summed E-state index contributed by atoms with van der Waals surface area (Å²) in [4.78, 5) is 29.7. The number of likely N-dealkylation sites (N-methyl/N-ethyl adjacent to an activating group) is 1. The SMILES string of the molecule is CN(C(=O)C=O)c1ccc2nc[nH]c2c1. The molecule has 1 amide bonds. The predicted octanol–water partition coefficient (Wildman–Crippen LogP) is 0.725. The summed E-state index contributed by atoms with van der Waals surface area (Å²) in [6.07, 6.45) is 1.87. The summed E-state index contributed by atoms with van der Waals surface area (Å²) in [5.41, 5.74) is 2.31. The zero-order chi connectivity index (χ0) is 10.8. The third kappa shape index (κ3) is 1.59. The summed E-state index contributed by atoms with van der Waals surface area (Å²) >= 11 is 0. The number of aldehydes is 1. The number of nitrogens with zero attached hydrogens (tertiary/aromatic N) is 2. The van der Waals surface area contributed by atoms with Crippen molar-refractivity contribution in [3.05, 3.63) is 24.5 Å². The topological polar surface area (TPSA) is 66.1 Å². The molecular weight excluding hydrogens is 194 g/mol. The molecule has 0 saturated carbocycles. The van der Waals surface area contributed by atoms with Crippen LogP contribution < -0.4 is 4.90 Å². The molecule has 0 fully saturated rings. The number of nitrogens with one attached hydrogen (secondary N) is 1. The number of rotatable bonds is 2. The zero-order valence-electron chi connectivity index (χ0n) is 8.10. The Labute approximate surface area is 85.7 Å². The first-order valence-corrected chi connectivity index (χ1v) is 4.38. The van der Waals surface area contributed by atoms with E-state index in [2.05, 4.69) is 9.97 Å². The van der Waals surface area contributed by atoms with Gasteiger partial charge in [-0.15, -0.1) is 0 Å². The number of aromatic amines is 1. The average molecular weight is 203 g/mol. The lowest BCUT2D eigenvalue weighted by Crippen LogP contribution is -2.26. The number of carbonyl (C=O) groups is 2. The number of benzene rings is 1. The minimum Gasteiger partial charge on any atom is -0.345 e. The molecule has 1 N–H and O–H groups in total. The van der Waals surface area contributed by atoms with Gasteiger partial charge in [-0.2, -0.15) is 0 Å². The Hall–Kier alpha value is -2.17. The van der Waals surface area contributed by atoms with Crippen molar-refractivity contribution in [1.82, 2.24) is 9.97 Å². The van der Waals surface area contributed by atoms with Gasteiger partial charge in [-0.1, -0.05) is 0 Å². The molecule has 0 aliphatic heterocycles. The summed E-state index contributed by atoms with van der Waals surface area (Å²) in [6.45, 7) is 0. The molecule has 1 aromatic heterocycles. The standard InChI is InChI=1S/C10H9N3O2/c1-13(10(15)5-14)7-2-3-8-9(4-7)12-6-11-8/h2-6H,1H3,(H,11,12). The Morgan fingerprint density at radius 3 is 3.07 bits per heavy atom. The second kappa shape index (κ2) is 3.53. The van der Waals surface area contributed by atoms with E-state index in [4.69, 9.17) is 0 Å². The zero-order valence-corrected chi connectivity index (χ0v) is 8.10. The lowest BCUT2D eigenvalue weighted by molar-refractivity contribution is -0.129. The molecule has 0 bridgehead atoms. The maximum absolute atomic E-state index is 11.1. The van der Waals surface area contributed by atoms with Crippen LogP contribution in [0.25, 0.3) is 11.0 Å². The monoisotopic (exact) mass is 203 g/mol. The van der Waals surface area contributed by atoms with Gasteiger partial charge in [0.1, 0.15) is 0 Å². The fourth-order valence-corrected chi connectivity index (χ4v) is 1.34. The fraction of sp³-hybridized carbons (Fsp3) is 0.100. The van der Waals surface area contributed by atoms with E-state index in [1.54, 1.807) is 31.6 Å². The molecule has 0 saturated heterocycles. The maximum atomic E-state index is 11.1. The van der Waals surface area contributed by atoms with Gasteiger partial charge in [0.05, 0.1) is 17.4 Å². The molecule has 0 unspecified atom stereocenters. The summed E-state index contributed by atoms with van der Waals surface area (Å²) in [5, 5.41) is 0. The van der Waals surface area contributed by atoms with E-state index in [1.165, 1.54) is 4.90 Å². The first kappa shape index (κ1) is 9.39. The summed E-state index contributed by atoms with van der Waals surface area (Å²) < 4.78 is 0. The minimum absolute atomic E-state index is 0.289. The average Bonchev–Trinajstić information content (AvgIpc) is 2.73. The van der Waals surface area contributed by atoms with Crippen molar-refractivity contribution < 1.29 is 9.59 Å². The van der Waals surface area contributed by atoms with E-state index in [0.29, 0.717) is 5.69 Å². The molecule has 76 valence electrons. The van der Waals surface area contributed by atoms with E-state index in [1.807, 2.05) is 0 Å². The molecule has 2 aromatic rings. The number of hydrogen-bond acceptors (Lipinski definition) is 3. The highest BCUT2D eigenvalue weighted by Gasteiger charge is 2.09. The van der Waals surface area contributed by atoms with Gasteiger partial charge in [-0.05, 0) is 18.2 Å². The summed E-state index contributed by atoms with van der Waals surface area (Å²) in [6, 6.07) is 5.30. The second-order valence-corrected chi connectivity index (χ2v) is 3.12. The smallest absolute Gasteiger partial charge is 0.290 e. The van der Waals surface area contributed by atoms with E-state index in [0.717, 1.165) is 11.0 Å². The van der Waals surface area contributed by atoms with Crippen LogP contribution in [-0.2, 0) is 9.59 Å². The lowest BCUT2D eigenvalue weighted by atomic mass is 10.2. The Morgan fingerprint density at radius 1 is 1.53 bits per heavy atom. The number of aromatic nitrogens is 2. The van der Waals surface area contributed by atoms with Crippen LogP contribution >= 0.6 is 0 Å². The van der Waals surface area contributed by atoms with Crippen LogP contribution in [0, 0.1) is 0 Å². The van der Waals surface area contributed by atoms with Gasteiger partial charge in [0, 0.05) is 12.7 Å². The number of hydrogen-bond donors (Lipinski definition) is 1. The predicted molar refractivity (Wildman–Crippen MR) is 55.6 cm³/mol. The molecule has 0 spiro atoms. The molecule has 5 heteroatoms. The maximum Gasteiger partial charge on any atom is 0.290 e. The van der Waals surface area contributed by atoms with Gasteiger partial charge < -0.3 is 9.88 Å². The number of anilines is 1. The lowest BCUT2D eigenvalue weighted by Gasteiger charge is -2.13. The van der Waals surface area contributed by atoms with Crippen molar-refractivity contribution >= 4 is 28.9 Å². The van der Waals surface area contributed by atoms with Crippen LogP contribution in [0.15, 0.2) is 24.5 Å². The van der Waals surface area contributed by atoms with Crippen molar-refractivity contribution in [1.29, 1.82) is 0 Å². The quantitative estimate of drug-likeness (QED) is 0.577. The van der Waals surface area contributed by atoms with E-state index in [-0.39, 0.29) is 6.29 Å². The van der Waals surface area contributed by atoms with Crippen molar-refractivity contribution in [3.63, 3.8) is 0 Å². The Kier molecular flexibility index (Phi) is 2.21. The van der Waals surface area contributed by atoms with Gasteiger partial charge in [-0.3, -0.25) is 9.59 Å². The Morgan fingerprint density at radius 2 is 2.33 bits per heavy atom. The first-order valence-electron chi connectivity index (χ1n) is 4.38. The summed E-state index contributed by atoms with van der Waals surface area (Å²) in [7, 11) is 1.55. The van der Waals surface area contributed by atoms with Crippen LogP contribution in [0.3, 0.4) is 0 Å². The third-order valence-corrected chi connectivity index (χ3v) is 2.22. The molecule has 1 aromatic carbocycles. The van der Waals surface area contributed by atoms with Gasteiger partial charge in [0.2, 0.25) is 6.29 Å². The molecule has 2 rings (SSSR count). The van der Waals surface area contributed by atoms with Crippen molar-refractivity contribution in [2.24, 2.45) is 0 Å². The fourth-order valence-electron chi connectivity index (χ4n) is 1.34. The third-order valence-electron chi connectivity index (χ3n) is 2.22. The van der Waals surface area contributed by atoms with Crippen LogP contribution in [0.5, 0.6) is 0 Å². The minimum atomic E-state index is -0.575. The molecule has 0 aliphatic carbocycles. The van der Waals surface area contributed by atoms with E-state index < -0.39 is 5.91 Å². The molecule has 5 nitrogen and oxygen atoms in total. The number of fused-ring (bicyclic) bond motifs is 1. The second-order valence-electron chi connectivity index (χ2n) is 3.12. The van der Waals surface area contributed by atoms with E-state index >= 15 is 0 Å². The molecular formula is C10H9N3O2. The van der Waals surface area contributed by atoms with Crippen LogP contribution in [0.1, 0.15) is 0 Å². The number of H-pyrrole nitrogens is 1. The number of amides is 1. The molecule has 0 aliphatic rings. The Balaban J connectivity index is 2.43. The van der Waals surface area contributed by atoms with Crippen molar-refractivity contribution in [2.45, 2.75) is 0 Å². The highest BCUT2D eigenvalue weighted by Crippen LogP contribution is 2.18. The largest absolute Gasteiger partial charge is 0.345 e. The van der Waals surface area contributed by atoms with Gasteiger partial charge in [-0.25, -0.2) is 4.98 Å². The molecule has 15 heavy (non-hydrogen) atoms. The molecule has 0 radical (unpaired) electrons. The number of carbonyl (C=O) groups excluding carboxylic acids is 2. The van der Waals surface area contributed by atoms with Crippen LogP contribution in [0.2, 0.25) is 0 Å². The molecule has 0 atom stereocenters. The van der Waals surface area contributed by atoms with Gasteiger partial charge in [0.25, 0.3) is 5.91 Å². The first-order chi connectivity index (χ1) is 7.22. The highest BCUT2D eigenvalue weighted by atomic mass is 16.2. The van der Waals surface area contributed by atoms with Crippen molar-refractivity contribution in [3.8, 4) is 0 Å². The normalized spacial score (nSPS) is 10.2. The van der Waals surface area contributed by atoms with Crippen molar-refractivity contribution in [2.75, 3.05) is 11.9 Å². The van der Waals surface area contributed by atoms with E-state index in [9.17, 15) is 9.59 Å². The van der Waals surface area contributed by atoms with Crippen LogP contribution in [0.4, 0.5) is 5.69 Å². The van der Waals surface area contributed by atoms with Gasteiger partial charge in [0.15, 0.2) is 0 Å². The highest BCUT2D eigenvalue weighted by molar-refractivity contribution is 6.30. The summed E-state index contributed by atoms with van der Waals surface area (Å²) in [5.74, 6) is -0.575. The number of imidazole rings is 1. The van der Waals surface area contributed by atoms with Gasteiger partial charge >= 0.3 is 0 Å². The molecule has 1 heterocycles. The van der Waals surface area contributed by atoms with Crippen LogP contribution in [-0.4, -0.2) is 29.2 Å². The Bertz CT molecular complexity index is 518.